The number of rotatable bonds is 5. The second kappa shape index (κ2) is 8.58. The van der Waals surface area contributed by atoms with Gasteiger partial charge in [-0.25, -0.2) is 15.0 Å². The van der Waals surface area contributed by atoms with Crippen LogP contribution in [0.5, 0.6) is 0 Å². The Morgan fingerprint density at radius 1 is 1.24 bits per heavy atom. The highest BCUT2D eigenvalue weighted by Crippen LogP contribution is 2.25. The molecule has 6 nitrogen and oxygen atoms in total. The minimum Gasteiger partial charge on any atom is -0.378 e. The van der Waals surface area contributed by atoms with Gasteiger partial charge in [-0.2, -0.15) is 0 Å². The average Bonchev–Trinajstić information content (AvgIpc) is 3.11. The predicted octanol–water partition coefficient (Wildman–Crippen LogP) is 4.84. The van der Waals surface area contributed by atoms with Crippen LogP contribution in [0, 0.1) is 11.8 Å². The average molecular weight is 432 g/mol. The first-order valence-electron chi connectivity index (χ1n) is 9.38. The number of hydrogen-bond donors (Lipinski definition) is 2. The molecule has 2 N–H and O–H groups in total. The number of halogens is 2. The molecular weight excluding hydrogens is 409 g/mol. The lowest BCUT2D eigenvalue weighted by atomic mass is 10.1. The standard InChI is InChI=1S/C21H23Cl2N5O/c1-5-21(4,29)9-8-17-26-19(18-20(27-17)28(12-25-18)13(2)3)24-11-14-6-7-15(22)16(23)10-14/h6-7,10,12-13,29H,5,11H2,1-4H3,(H,24,26,27)/t21-/m0/s1. The van der Waals surface area contributed by atoms with Crippen molar-refractivity contribution in [3.05, 3.63) is 46.0 Å². The lowest BCUT2D eigenvalue weighted by Crippen LogP contribution is -2.19. The van der Waals surface area contributed by atoms with Crippen molar-refractivity contribution < 1.29 is 5.11 Å². The Balaban J connectivity index is 2.01. The highest BCUT2D eigenvalue weighted by atomic mass is 35.5. The smallest absolute Gasteiger partial charge is 0.209 e. The summed E-state index contributed by atoms with van der Waals surface area (Å²) in [4.78, 5) is 13.6. The van der Waals surface area contributed by atoms with Gasteiger partial charge in [-0.1, -0.05) is 42.1 Å². The fraction of sp³-hybridized carbons (Fsp3) is 0.381. The molecule has 0 aliphatic rings. The molecule has 2 aromatic heterocycles. The van der Waals surface area contributed by atoms with Crippen LogP contribution in [0.1, 0.15) is 51.5 Å². The second-order valence-corrected chi connectivity index (χ2v) is 8.11. The van der Waals surface area contributed by atoms with Crippen molar-refractivity contribution in [2.24, 2.45) is 0 Å². The molecule has 0 spiro atoms. The van der Waals surface area contributed by atoms with Crippen LogP contribution in [0.2, 0.25) is 10.0 Å². The minimum absolute atomic E-state index is 0.178. The van der Waals surface area contributed by atoms with E-state index in [0.29, 0.717) is 45.8 Å². The maximum atomic E-state index is 10.2. The molecule has 0 saturated carbocycles. The topological polar surface area (TPSA) is 75.9 Å². The molecule has 0 radical (unpaired) electrons. The van der Waals surface area contributed by atoms with E-state index in [0.717, 1.165) is 5.56 Å². The third-order valence-electron chi connectivity index (χ3n) is 4.55. The van der Waals surface area contributed by atoms with Gasteiger partial charge in [0.25, 0.3) is 0 Å². The van der Waals surface area contributed by atoms with Crippen LogP contribution in [0.3, 0.4) is 0 Å². The van der Waals surface area contributed by atoms with Crippen LogP contribution < -0.4 is 5.32 Å². The quantitative estimate of drug-likeness (QED) is 0.565. The largest absolute Gasteiger partial charge is 0.378 e. The molecule has 0 aliphatic heterocycles. The number of nitrogens with one attached hydrogen (secondary N) is 1. The summed E-state index contributed by atoms with van der Waals surface area (Å²) in [5.41, 5.74) is 1.21. The Bertz CT molecular complexity index is 1100. The Morgan fingerprint density at radius 2 is 2.00 bits per heavy atom. The van der Waals surface area contributed by atoms with Gasteiger partial charge >= 0.3 is 0 Å². The first kappa shape index (κ1) is 21.4. The van der Waals surface area contributed by atoms with Crippen molar-refractivity contribution in [2.45, 2.75) is 52.3 Å². The Kier molecular flexibility index (Phi) is 6.33. The molecule has 0 unspecified atom stereocenters. The minimum atomic E-state index is -1.09. The first-order valence-corrected chi connectivity index (χ1v) is 10.1. The number of anilines is 1. The number of imidazole rings is 1. The number of aliphatic hydroxyl groups is 1. The zero-order valence-electron chi connectivity index (χ0n) is 16.8. The van der Waals surface area contributed by atoms with Gasteiger partial charge in [0.1, 0.15) is 5.60 Å². The summed E-state index contributed by atoms with van der Waals surface area (Å²) in [5.74, 6) is 6.63. The molecule has 152 valence electrons. The van der Waals surface area contributed by atoms with E-state index >= 15 is 0 Å². The van der Waals surface area contributed by atoms with Crippen LogP contribution >= 0.6 is 23.2 Å². The van der Waals surface area contributed by atoms with Crippen molar-refractivity contribution in [1.29, 1.82) is 0 Å². The van der Waals surface area contributed by atoms with Crippen molar-refractivity contribution >= 4 is 40.2 Å². The molecule has 2 heterocycles. The van der Waals surface area contributed by atoms with E-state index in [1.807, 2.05) is 17.6 Å². The molecule has 1 atom stereocenters. The highest BCUT2D eigenvalue weighted by molar-refractivity contribution is 6.42. The molecule has 1 aromatic carbocycles. The number of fused-ring (bicyclic) bond motifs is 1. The van der Waals surface area contributed by atoms with Gasteiger partial charge in [-0.3, -0.25) is 0 Å². The molecule has 8 heteroatoms. The summed E-state index contributed by atoms with van der Waals surface area (Å²) in [5, 5.41) is 14.5. The zero-order valence-corrected chi connectivity index (χ0v) is 18.3. The van der Waals surface area contributed by atoms with Gasteiger partial charge in [0, 0.05) is 12.6 Å². The first-order chi connectivity index (χ1) is 13.7. The predicted molar refractivity (Wildman–Crippen MR) is 117 cm³/mol. The van der Waals surface area contributed by atoms with Crippen molar-refractivity contribution in [3.8, 4) is 11.8 Å². The van der Waals surface area contributed by atoms with Crippen LogP contribution in [-0.2, 0) is 6.54 Å². The lowest BCUT2D eigenvalue weighted by molar-refractivity contribution is 0.118. The fourth-order valence-corrected chi connectivity index (χ4v) is 2.91. The van der Waals surface area contributed by atoms with Crippen LogP contribution in [0.25, 0.3) is 11.2 Å². The molecule has 0 fully saturated rings. The van der Waals surface area contributed by atoms with E-state index in [9.17, 15) is 5.11 Å². The van der Waals surface area contributed by atoms with Crippen LogP contribution in [0.15, 0.2) is 24.5 Å². The Hall–Kier alpha value is -2.33. The molecule has 0 amide bonds. The Labute approximate surface area is 180 Å². The van der Waals surface area contributed by atoms with Gasteiger partial charge in [-0.15, -0.1) is 0 Å². The summed E-state index contributed by atoms with van der Waals surface area (Å²) in [6.45, 7) is 8.13. The lowest BCUT2D eigenvalue weighted by Gasteiger charge is -2.12. The van der Waals surface area contributed by atoms with Crippen molar-refractivity contribution in [2.75, 3.05) is 5.32 Å². The van der Waals surface area contributed by atoms with Crippen LogP contribution in [0.4, 0.5) is 5.82 Å². The van der Waals surface area contributed by atoms with Crippen molar-refractivity contribution in [1.82, 2.24) is 19.5 Å². The number of nitrogens with zero attached hydrogens (tertiary/aromatic N) is 4. The molecule has 3 rings (SSSR count). The molecule has 0 aliphatic carbocycles. The highest BCUT2D eigenvalue weighted by Gasteiger charge is 2.16. The number of aromatic nitrogens is 4. The van der Waals surface area contributed by atoms with E-state index in [4.69, 9.17) is 23.2 Å². The van der Waals surface area contributed by atoms with E-state index in [2.05, 4.69) is 46.0 Å². The monoisotopic (exact) mass is 431 g/mol. The summed E-state index contributed by atoms with van der Waals surface area (Å²) < 4.78 is 1.96. The van der Waals surface area contributed by atoms with Gasteiger partial charge in [0.05, 0.1) is 16.4 Å². The third-order valence-corrected chi connectivity index (χ3v) is 5.29. The zero-order chi connectivity index (χ0) is 21.2. The Morgan fingerprint density at radius 3 is 2.66 bits per heavy atom. The number of benzene rings is 1. The third kappa shape index (κ3) is 4.99. The van der Waals surface area contributed by atoms with E-state index in [1.165, 1.54) is 0 Å². The van der Waals surface area contributed by atoms with E-state index in [1.54, 1.807) is 25.4 Å². The summed E-state index contributed by atoms with van der Waals surface area (Å²) in [7, 11) is 0. The van der Waals surface area contributed by atoms with Gasteiger partial charge in [0.15, 0.2) is 17.0 Å². The van der Waals surface area contributed by atoms with Gasteiger partial charge < -0.3 is 15.0 Å². The van der Waals surface area contributed by atoms with E-state index in [-0.39, 0.29) is 6.04 Å². The maximum Gasteiger partial charge on any atom is 0.209 e. The molecule has 0 bridgehead atoms. The van der Waals surface area contributed by atoms with Crippen LogP contribution in [-0.4, -0.2) is 30.2 Å². The summed E-state index contributed by atoms with van der Waals surface area (Å²) in [6.07, 6.45) is 2.25. The number of hydrogen-bond acceptors (Lipinski definition) is 5. The normalized spacial score (nSPS) is 13.2. The molecular formula is C21H23Cl2N5O. The molecule has 29 heavy (non-hydrogen) atoms. The second-order valence-electron chi connectivity index (χ2n) is 7.29. The van der Waals surface area contributed by atoms with Gasteiger partial charge in [-0.05, 0) is 50.8 Å². The van der Waals surface area contributed by atoms with Gasteiger partial charge in [0.2, 0.25) is 5.82 Å². The van der Waals surface area contributed by atoms with Crippen molar-refractivity contribution in [3.63, 3.8) is 0 Å². The van der Waals surface area contributed by atoms with E-state index < -0.39 is 5.60 Å². The fourth-order valence-electron chi connectivity index (χ4n) is 2.59. The molecule has 3 aromatic rings. The SMILES string of the molecule is CC[C@](C)(O)C#Cc1nc(NCc2ccc(Cl)c(Cl)c2)c2ncn(C(C)C)c2n1. The summed E-state index contributed by atoms with van der Waals surface area (Å²) >= 11 is 12.1. The molecule has 0 saturated heterocycles. The summed E-state index contributed by atoms with van der Waals surface area (Å²) in [6, 6.07) is 5.64. The maximum absolute atomic E-state index is 10.2.